The fourth-order valence-corrected chi connectivity index (χ4v) is 2.18. The molecule has 0 unspecified atom stereocenters. The van der Waals surface area contributed by atoms with Crippen LogP contribution in [0.5, 0.6) is 0 Å². The molecular weight excluding hydrogens is 200 g/mol. The van der Waals surface area contributed by atoms with Crippen molar-refractivity contribution in [1.29, 1.82) is 0 Å². The number of fused-ring (bicyclic) bond motifs is 3. The Morgan fingerprint density at radius 3 is 2.75 bits per heavy atom. The number of hydrogen-bond donors (Lipinski definition) is 1. The Morgan fingerprint density at radius 2 is 1.94 bits per heavy atom. The van der Waals surface area contributed by atoms with Gasteiger partial charge in [-0.1, -0.05) is 24.3 Å². The van der Waals surface area contributed by atoms with E-state index < -0.39 is 0 Å². The van der Waals surface area contributed by atoms with E-state index in [1.165, 1.54) is 5.39 Å². The van der Waals surface area contributed by atoms with Crippen LogP contribution in [0.1, 0.15) is 5.69 Å². The number of H-pyrrole nitrogens is 1. The third kappa shape index (κ3) is 1.15. The Morgan fingerprint density at radius 1 is 1.12 bits per heavy atom. The summed E-state index contributed by atoms with van der Waals surface area (Å²) in [6, 6.07) is 12.1. The number of hydrogen-bond acceptors (Lipinski definition) is 2. The summed E-state index contributed by atoms with van der Waals surface area (Å²) in [5.41, 5.74) is 2.92. The van der Waals surface area contributed by atoms with Crippen molar-refractivity contribution in [2.45, 2.75) is 6.92 Å². The van der Waals surface area contributed by atoms with Crippen LogP contribution in [0.15, 0.2) is 41.6 Å². The molecule has 0 amide bonds. The van der Waals surface area contributed by atoms with Gasteiger partial charge in [0.2, 0.25) is 0 Å². The van der Waals surface area contributed by atoms with Crippen LogP contribution >= 0.6 is 0 Å². The van der Waals surface area contributed by atoms with E-state index in [4.69, 9.17) is 0 Å². The van der Waals surface area contributed by atoms with Gasteiger partial charge < -0.3 is 4.98 Å². The SMILES string of the molecule is Cc1cc2c3ccccc3cc-2c(N=O)[nH]1. The molecule has 16 heavy (non-hydrogen) atoms. The number of pyridine rings is 1. The molecule has 0 saturated heterocycles. The Kier molecular flexibility index (Phi) is 1.80. The fraction of sp³-hybridized carbons (Fsp3) is 0.0769. The van der Waals surface area contributed by atoms with E-state index in [9.17, 15) is 4.91 Å². The van der Waals surface area contributed by atoms with Crippen molar-refractivity contribution >= 4 is 16.6 Å². The largest absolute Gasteiger partial charge is 0.341 e. The predicted octanol–water partition coefficient (Wildman–Crippen LogP) is 3.98. The summed E-state index contributed by atoms with van der Waals surface area (Å²) in [4.78, 5) is 13.7. The zero-order valence-corrected chi connectivity index (χ0v) is 8.82. The van der Waals surface area contributed by atoms with Crippen molar-refractivity contribution in [2.24, 2.45) is 5.18 Å². The molecule has 1 aromatic rings. The van der Waals surface area contributed by atoms with E-state index >= 15 is 0 Å². The van der Waals surface area contributed by atoms with Gasteiger partial charge in [-0.15, -0.1) is 4.91 Å². The highest BCUT2D eigenvalue weighted by Crippen LogP contribution is 2.39. The Balaban J connectivity index is 2.51. The second kappa shape index (κ2) is 3.17. The van der Waals surface area contributed by atoms with Gasteiger partial charge in [0, 0.05) is 11.3 Å². The molecule has 1 aliphatic heterocycles. The molecule has 1 aromatic carbocycles. The molecule has 2 aliphatic rings. The fourth-order valence-electron chi connectivity index (χ4n) is 2.18. The first kappa shape index (κ1) is 9.09. The van der Waals surface area contributed by atoms with E-state index in [2.05, 4.69) is 16.2 Å². The molecule has 0 atom stereocenters. The van der Waals surface area contributed by atoms with Crippen LogP contribution in [0.3, 0.4) is 0 Å². The smallest absolute Gasteiger partial charge is 0.182 e. The van der Waals surface area contributed by atoms with E-state index in [-0.39, 0.29) is 0 Å². The molecule has 0 aromatic heterocycles. The van der Waals surface area contributed by atoms with E-state index in [1.807, 2.05) is 37.3 Å². The lowest BCUT2D eigenvalue weighted by molar-refractivity contribution is 1.18. The summed E-state index contributed by atoms with van der Waals surface area (Å²) in [5.74, 6) is 0.409. The molecule has 1 heterocycles. The third-order valence-electron chi connectivity index (χ3n) is 2.86. The van der Waals surface area contributed by atoms with Crippen molar-refractivity contribution in [1.82, 2.24) is 4.98 Å². The van der Waals surface area contributed by atoms with Crippen molar-refractivity contribution in [3.05, 3.63) is 47.0 Å². The molecule has 3 rings (SSSR count). The number of nitrogens with one attached hydrogen (secondary N) is 1. The number of rotatable bonds is 1. The lowest BCUT2D eigenvalue weighted by Gasteiger charge is -2.04. The Bertz CT molecular complexity index is 654. The molecule has 0 bridgehead atoms. The Labute approximate surface area is 92.4 Å². The minimum Gasteiger partial charge on any atom is -0.341 e. The van der Waals surface area contributed by atoms with Crippen LogP contribution in [-0.2, 0) is 0 Å². The van der Waals surface area contributed by atoms with Crippen LogP contribution in [0, 0.1) is 11.8 Å². The second-order valence-electron chi connectivity index (χ2n) is 3.95. The summed E-state index contributed by atoms with van der Waals surface area (Å²) in [6.07, 6.45) is 0. The zero-order chi connectivity index (χ0) is 11.1. The van der Waals surface area contributed by atoms with Gasteiger partial charge in [0.1, 0.15) is 0 Å². The maximum atomic E-state index is 10.8. The summed E-state index contributed by atoms with van der Waals surface area (Å²) in [7, 11) is 0. The predicted molar refractivity (Wildman–Crippen MR) is 65.1 cm³/mol. The monoisotopic (exact) mass is 210 g/mol. The minimum atomic E-state index is 0.409. The number of aromatic nitrogens is 1. The maximum absolute atomic E-state index is 10.8. The molecule has 0 radical (unpaired) electrons. The van der Waals surface area contributed by atoms with Crippen LogP contribution < -0.4 is 0 Å². The molecule has 0 saturated carbocycles. The second-order valence-corrected chi connectivity index (χ2v) is 3.95. The number of nitrogens with zero attached hydrogens (tertiary/aromatic N) is 1. The van der Waals surface area contributed by atoms with Gasteiger partial charge in [0.05, 0.1) is 0 Å². The highest BCUT2D eigenvalue weighted by atomic mass is 16.3. The number of nitroso groups, excluding NO2 is 1. The van der Waals surface area contributed by atoms with Gasteiger partial charge >= 0.3 is 0 Å². The number of aromatic amines is 1. The first-order valence-corrected chi connectivity index (χ1v) is 5.14. The summed E-state index contributed by atoms with van der Waals surface area (Å²) >= 11 is 0. The Hall–Kier alpha value is -2.16. The average Bonchev–Trinajstić information content (AvgIpc) is 2.67. The van der Waals surface area contributed by atoms with E-state index in [0.29, 0.717) is 5.82 Å². The van der Waals surface area contributed by atoms with Crippen molar-refractivity contribution in [3.63, 3.8) is 0 Å². The van der Waals surface area contributed by atoms with Crippen molar-refractivity contribution in [2.75, 3.05) is 0 Å². The average molecular weight is 210 g/mol. The normalized spacial score (nSPS) is 11.1. The zero-order valence-electron chi connectivity index (χ0n) is 8.82. The van der Waals surface area contributed by atoms with Gasteiger partial charge in [-0.25, -0.2) is 0 Å². The lowest BCUT2D eigenvalue weighted by atomic mass is 10.1. The van der Waals surface area contributed by atoms with Gasteiger partial charge in [-0.2, -0.15) is 0 Å². The molecule has 3 heteroatoms. The highest BCUT2D eigenvalue weighted by molar-refractivity contribution is 6.04. The minimum absolute atomic E-state index is 0.409. The van der Waals surface area contributed by atoms with Crippen LogP contribution in [-0.4, -0.2) is 4.98 Å². The van der Waals surface area contributed by atoms with Crippen LogP contribution in [0.25, 0.3) is 21.9 Å². The van der Waals surface area contributed by atoms with E-state index in [1.54, 1.807) is 0 Å². The number of aryl methyl sites for hydroxylation is 1. The summed E-state index contributed by atoms with van der Waals surface area (Å²) in [5, 5.41) is 5.36. The van der Waals surface area contributed by atoms with Crippen LogP contribution in [0.2, 0.25) is 0 Å². The first-order valence-electron chi connectivity index (χ1n) is 5.14. The summed E-state index contributed by atoms with van der Waals surface area (Å²) < 4.78 is 0. The first-order chi connectivity index (χ1) is 7.79. The van der Waals surface area contributed by atoms with Crippen LogP contribution in [0.4, 0.5) is 5.82 Å². The van der Waals surface area contributed by atoms with E-state index in [0.717, 1.165) is 22.2 Å². The third-order valence-corrected chi connectivity index (χ3v) is 2.86. The van der Waals surface area contributed by atoms with Crippen molar-refractivity contribution < 1.29 is 0 Å². The quantitative estimate of drug-likeness (QED) is 0.606. The van der Waals surface area contributed by atoms with Gasteiger partial charge in [0.15, 0.2) is 5.82 Å². The van der Waals surface area contributed by atoms with Gasteiger partial charge in [0.25, 0.3) is 0 Å². The summed E-state index contributed by atoms with van der Waals surface area (Å²) in [6.45, 7) is 1.93. The standard InChI is InChI=1S/C13H10N2O/c1-8-6-11-10-5-3-2-4-9(10)7-12(11)13(14-8)15-16/h2-7,14H,1H3. The molecule has 1 aliphatic carbocycles. The maximum Gasteiger partial charge on any atom is 0.182 e. The molecule has 0 spiro atoms. The molecule has 0 fully saturated rings. The molecular formula is C13H10N2O. The topological polar surface area (TPSA) is 45.2 Å². The van der Waals surface area contributed by atoms with Gasteiger partial charge in [-0.05, 0) is 40.6 Å². The molecule has 3 nitrogen and oxygen atoms in total. The van der Waals surface area contributed by atoms with Crippen molar-refractivity contribution in [3.8, 4) is 11.1 Å². The molecule has 78 valence electrons. The van der Waals surface area contributed by atoms with Gasteiger partial charge in [-0.3, -0.25) is 0 Å². The molecule has 1 N–H and O–H groups in total. The lowest BCUT2D eigenvalue weighted by Crippen LogP contribution is -1.85. The highest BCUT2D eigenvalue weighted by Gasteiger charge is 2.14. The number of benzene rings is 1.